The Balaban J connectivity index is 1.10. The maximum absolute atomic E-state index is 13.0. The van der Waals surface area contributed by atoms with Gasteiger partial charge in [0.05, 0.1) is 24.3 Å². The average molecular weight is 597 g/mol. The van der Waals surface area contributed by atoms with Crippen molar-refractivity contribution < 1.29 is 33.4 Å². The fourth-order valence-corrected chi connectivity index (χ4v) is 7.17. The number of hydrogen-bond acceptors (Lipinski definition) is 9. The Labute approximate surface area is 236 Å². The van der Waals surface area contributed by atoms with Gasteiger partial charge in [0.15, 0.2) is 11.9 Å². The molecule has 1 aliphatic carbocycles. The van der Waals surface area contributed by atoms with Gasteiger partial charge in [-0.3, -0.25) is 14.2 Å². The molecule has 2 aromatic rings. The summed E-state index contributed by atoms with van der Waals surface area (Å²) in [6, 6.07) is 0. The highest BCUT2D eigenvalue weighted by molar-refractivity contribution is 7.51. The van der Waals surface area contributed by atoms with Gasteiger partial charge in [0.1, 0.15) is 17.9 Å². The number of carbonyl (C=O) groups excluding carboxylic acids is 2. The molecule has 0 bridgehead atoms. The van der Waals surface area contributed by atoms with Crippen molar-refractivity contribution in [3.63, 3.8) is 0 Å². The van der Waals surface area contributed by atoms with Gasteiger partial charge in [-0.25, -0.2) is 4.68 Å². The number of carbonyl (C=O) groups is 2. The lowest BCUT2D eigenvalue weighted by Crippen LogP contribution is -2.64. The Morgan fingerprint density at radius 2 is 2.05 bits per heavy atom. The molecule has 5 heterocycles. The minimum atomic E-state index is -4.23. The van der Waals surface area contributed by atoms with Crippen LogP contribution in [0.25, 0.3) is 11.0 Å². The predicted molar refractivity (Wildman–Crippen MR) is 144 cm³/mol. The second-order valence-corrected chi connectivity index (χ2v) is 13.6. The first-order chi connectivity index (χ1) is 19.1. The number of fused-ring (bicyclic) bond motifs is 1. The third-order valence-electron chi connectivity index (χ3n) is 8.50. The number of hydrogen-bond donors (Lipinski definition) is 2. The van der Waals surface area contributed by atoms with Gasteiger partial charge < -0.3 is 29.1 Å². The number of ether oxygens (including phenoxy) is 2. The number of amides is 1. The van der Waals surface area contributed by atoms with Crippen molar-refractivity contribution >= 4 is 47.7 Å². The van der Waals surface area contributed by atoms with Crippen LogP contribution >= 0.6 is 19.2 Å². The first-order valence-corrected chi connectivity index (χ1v) is 16.0. The topological polar surface area (TPSA) is 160 Å². The summed E-state index contributed by atoms with van der Waals surface area (Å²) in [6.45, 7) is 3.07. The normalized spacial score (nSPS) is 26.7. The summed E-state index contributed by atoms with van der Waals surface area (Å²) >= 11 is 6.36. The summed E-state index contributed by atoms with van der Waals surface area (Å²) in [5.41, 5.74) is 0.568. The van der Waals surface area contributed by atoms with Crippen LogP contribution in [-0.2, 0) is 23.6 Å². The number of halogens is 1. The zero-order valence-corrected chi connectivity index (χ0v) is 23.8. The van der Waals surface area contributed by atoms with Gasteiger partial charge >= 0.3 is 7.60 Å². The number of likely N-dealkylation sites (tertiary alicyclic amines) is 1. The minimum absolute atomic E-state index is 0.00797. The molecule has 3 unspecified atom stereocenters. The van der Waals surface area contributed by atoms with Gasteiger partial charge in [0, 0.05) is 50.9 Å². The molecule has 6 rings (SSSR count). The summed E-state index contributed by atoms with van der Waals surface area (Å²) < 4.78 is 23.9. The lowest BCUT2D eigenvalue weighted by molar-refractivity contribution is -0.136. The van der Waals surface area contributed by atoms with Gasteiger partial charge in [0.25, 0.3) is 0 Å². The van der Waals surface area contributed by atoms with E-state index in [4.69, 9.17) is 30.9 Å². The van der Waals surface area contributed by atoms with E-state index in [1.807, 2.05) is 4.90 Å². The number of anilines is 1. The molecule has 13 nitrogen and oxygen atoms in total. The van der Waals surface area contributed by atoms with Crippen LogP contribution in [0.1, 0.15) is 57.6 Å². The van der Waals surface area contributed by atoms with Crippen LogP contribution in [0.2, 0.25) is 5.28 Å². The van der Waals surface area contributed by atoms with E-state index in [1.165, 1.54) is 0 Å². The van der Waals surface area contributed by atoms with E-state index in [0.717, 1.165) is 44.3 Å². The van der Waals surface area contributed by atoms with E-state index < -0.39 is 20.2 Å². The summed E-state index contributed by atoms with van der Waals surface area (Å²) in [6.07, 6.45) is 6.08. The molecule has 3 saturated heterocycles. The smallest absolute Gasteiger partial charge is 0.350 e. The molecule has 3 aliphatic heterocycles. The van der Waals surface area contributed by atoms with E-state index in [0.29, 0.717) is 50.1 Å². The van der Waals surface area contributed by atoms with Crippen molar-refractivity contribution in [2.24, 2.45) is 11.3 Å². The molecule has 4 fully saturated rings. The van der Waals surface area contributed by atoms with Crippen molar-refractivity contribution in [1.82, 2.24) is 24.6 Å². The van der Waals surface area contributed by atoms with Gasteiger partial charge in [-0.15, -0.1) is 0 Å². The molecular formula is C25H34ClN6O7P. The zero-order chi connectivity index (χ0) is 28.1. The van der Waals surface area contributed by atoms with Crippen molar-refractivity contribution in [2.75, 3.05) is 44.0 Å². The molecule has 15 heteroatoms. The van der Waals surface area contributed by atoms with Gasteiger partial charge in [-0.2, -0.15) is 15.1 Å². The monoisotopic (exact) mass is 596 g/mol. The molecule has 0 aromatic carbocycles. The zero-order valence-electron chi connectivity index (χ0n) is 22.2. The Morgan fingerprint density at radius 1 is 1.23 bits per heavy atom. The Bertz CT molecular complexity index is 1340. The lowest BCUT2D eigenvalue weighted by atomic mass is 9.73. The van der Waals surface area contributed by atoms with Crippen LogP contribution in [0.4, 0.5) is 5.82 Å². The molecular weight excluding hydrogens is 563 g/mol. The molecule has 218 valence electrons. The standard InChI is InChI=1S/C25H34ClN6O7P/c26-24-28-22(19-10-27-32(23(19)29-24)21-5-4-18(39-21)11-38-15-40(35,36)37)31-13-25(14-31)6-1-7-30(12-25)20(34)9-16-2-3-17(33)8-16/h10,16,18,21H,1-9,11-15H2,(H2,35,36,37). The molecule has 2 N–H and O–H groups in total. The second-order valence-electron chi connectivity index (χ2n) is 11.7. The molecule has 3 atom stereocenters. The van der Waals surface area contributed by atoms with E-state index in [9.17, 15) is 14.2 Å². The number of aromatic nitrogens is 4. The molecule has 1 saturated carbocycles. The molecule has 4 aliphatic rings. The maximum Gasteiger partial charge on any atom is 0.350 e. The molecule has 40 heavy (non-hydrogen) atoms. The van der Waals surface area contributed by atoms with Gasteiger partial charge in [0.2, 0.25) is 11.2 Å². The Kier molecular flexibility index (Phi) is 7.64. The summed E-state index contributed by atoms with van der Waals surface area (Å²) in [7, 11) is -4.23. The van der Waals surface area contributed by atoms with Crippen LogP contribution in [0.5, 0.6) is 0 Å². The van der Waals surface area contributed by atoms with Crippen molar-refractivity contribution in [2.45, 2.75) is 63.7 Å². The highest BCUT2D eigenvalue weighted by atomic mass is 35.5. The molecule has 1 spiro atoms. The second kappa shape index (κ2) is 10.9. The largest absolute Gasteiger partial charge is 0.366 e. The third kappa shape index (κ3) is 5.91. The van der Waals surface area contributed by atoms with Gasteiger partial charge in [-0.05, 0) is 49.6 Å². The summed E-state index contributed by atoms with van der Waals surface area (Å²) in [5, 5.41) is 5.40. The average Bonchev–Trinajstić information content (AvgIpc) is 3.61. The van der Waals surface area contributed by atoms with E-state index >= 15 is 0 Å². The van der Waals surface area contributed by atoms with E-state index in [2.05, 4.69) is 20.0 Å². The highest BCUT2D eigenvalue weighted by Crippen LogP contribution is 2.43. The molecule has 1 amide bonds. The van der Waals surface area contributed by atoms with Crippen molar-refractivity contribution in [3.8, 4) is 0 Å². The predicted octanol–water partition coefficient (Wildman–Crippen LogP) is 2.50. The van der Waals surface area contributed by atoms with Crippen LogP contribution in [0.3, 0.4) is 0 Å². The fourth-order valence-electron chi connectivity index (χ4n) is 6.66. The summed E-state index contributed by atoms with van der Waals surface area (Å²) in [5.74, 6) is 1.33. The number of nitrogens with zero attached hydrogens (tertiary/aromatic N) is 6. The number of Topliss-reactive ketones (excluding diaryl/α,β-unsaturated/α-hetero) is 1. The van der Waals surface area contributed by atoms with E-state index in [-0.39, 0.29) is 41.0 Å². The number of rotatable bonds is 8. The van der Waals surface area contributed by atoms with Crippen LogP contribution in [0, 0.1) is 11.3 Å². The summed E-state index contributed by atoms with van der Waals surface area (Å²) in [4.78, 5) is 55.7. The SMILES string of the molecule is O=C1CCC(CC(=O)N2CCCC3(C2)CN(c2nc(Cl)nc4c2cnn4C2CCC(COCP(=O)(O)O)O2)C3)C1. The quantitative estimate of drug-likeness (QED) is 0.340. The number of ketones is 1. The Morgan fingerprint density at radius 3 is 2.80 bits per heavy atom. The van der Waals surface area contributed by atoms with E-state index in [1.54, 1.807) is 10.9 Å². The molecule has 0 radical (unpaired) electrons. The number of piperidine rings is 1. The van der Waals surface area contributed by atoms with Crippen molar-refractivity contribution in [1.29, 1.82) is 0 Å². The highest BCUT2D eigenvalue weighted by Gasteiger charge is 2.48. The first kappa shape index (κ1) is 28.0. The molecule has 2 aromatic heterocycles. The lowest BCUT2D eigenvalue weighted by Gasteiger charge is -2.55. The third-order valence-corrected chi connectivity index (χ3v) is 9.19. The maximum atomic E-state index is 13.0. The van der Waals surface area contributed by atoms with Crippen molar-refractivity contribution in [3.05, 3.63) is 11.5 Å². The fraction of sp³-hybridized carbons (Fsp3) is 0.720. The van der Waals surface area contributed by atoms with Gasteiger partial charge in [-0.1, -0.05) is 0 Å². The van der Waals surface area contributed by atoms with Crippen LogP contribution < -0.4 is 4.90 Å². The minimum Gasteiger partial charge on any atom is -0.366 e. The van der Waals surface area contributed by atoms with Crippen LogP contribution in [-0.4, -0.2) is 91.4 Å². The first-order valence-electron chi connectivity index (χ1n) is 13.8. The van der Waals surface area contributed by atoms with Crippen LogP contribution in [0.15, 0.2) is 6.20 Å². The Hall–Kier alpha value is -2.15.